The van der Waals surface area contributed by atoms with Crippen molar-refractivity contribution in [3.05, 3.63) is 63.6 Å². The van der Waals surface area contributed by atoms with Crippen LogP contribution in [0.4, 0.5) is 0 Å². The van der Waals surface area contributed by atoms with Gasteiger partial charge in [-0.2, -0.15) is 0 Å². The predicted octanol–water partition coefficient (Wildman–Crippen LogP) is 2.25. The average molecular weight is 270 g/mol. The van der Waals surface area contributed by atoms with Crippen molar-refractivity contribution >= 4 is 0 Å². The number of fused-ring (bicyclic) bond motifs is 1. The molecular formula is C16H18N2O2. The van der Waals surface area contributed by atoms with E-state index >= 15 is 0 Å². The third-order valence-corrected chi connectivity index (χ3v) is 3.86. The van der Waals surface area contributed by atoms with E-state index in [0.29, 0.717) is 12.3 Å². The average Bonchev–Trinajstić information content (AvgIpc) is 2.46. The Morgan fingerprint density at radius 3 is 2.95 bits per heavy atom. The van der Waals surface area contributed by atoms with Crippen molar-refractivity contribution < 1.29 is 5.11 Å². The van der Waals surface area contributed by atoms with E-state index < -0.39 is 0 Å². The minimum absolute atomic E-state index is 0.0369. The van der Waals surface area contributed by atoms with Gasteiger partial charge in [0.1, 0.15) is 5.75 Å². The molecule has 1 aromatic heterocycles. The van der Waals surface area contributed by atoms with E-state index in [0.717, 1.165) is 30.5 Å². The molecule has 1 unspecified atom stereocenters. The van der Waals surface area contributed by atoms with E-state index in [4.69, 9.17) is 0 Å². The fourth-order valence-electron chi connectivity index (χ4n) is 2.81. The highest BCUT2D eigenvalue weighted by atomic mass is 16.3. The van der Waals surface area contributed by atoms with Gasteiger partial charge in [0.15, 0.2) is 0 Å². The minimum atomic E-state index is -0.0369. The summed E-state index contributed by atoms with van der Waals surface area (Å²) in [6.07, 6.45) is 3.04. The smallest absolute Gasteiger partial charge is 0.248 e. The second-order valence-corrected chi connectivity index (χ2v) is 5.21. The summed E-state index contributed by atoms with van der Waals surface area (Å²) in [5, 5.41) is 13.3. The zero-order valence-corrected chi connectivity index (χ0v) is 11.2. The van der Waals surface area contributed by atoms with Crippen molar-refractivity contribution in [1.82, 2.24) is 10.3 Å². The van der Waals surface area contributed by atoms with E-state index in [1.54, 1.807) is 12.1 Å². The van der Waals surface area contributed by atoms with Crippen molar-refractivity contribution in [1.29, 1.82) is 0 Å². The highest BCUT2D eigenvalue weighted by Crippen LogP contribution is 2.28. The van der Waals surface area contributed by atoms with Gasteiger partial charge in [0.25, 0.3) is 0 Å². The molecule has 0 saturated heterocycles. The third kappa shape index (κ3) is 2.60. The Morgan fingerprint density at radius 1 is 1.25 bits per heavy atom. The predicted molar refractivity (Wildman–Crippen MR) is 77.7 cm³/mol. The van der Waals surface area contributed by atoms with Crippen molar-refractivity contribution in [2.75, 3.05) is 0 Å². The fraction of sp³-hybridized carbons (Fsp3) is 0.312. The topological polar surface area (TPSA) is 65.1 Å². The number of rotatable bonds is 3. The monoisotopic (exact) mass is 270 g/mol. The van der Waals surface area contributed by atoms with Crippen LogP contribution >= 0.6 is 0 Å². The van der Waals surface area contributed by atoms with E-state index in [1.165, 1.54) is 5.56 Å². The number of aromatic nitrogens is 1. The molecule has 0 saturated carbocycles. The Bertz CT molecular complexity index is 664. The van der Waals surface area contributed by atoms with Gasteiger partial charge in [-0.3, -0.25) is 4.79 Å². The van der Waals surface area contributed by atoms with Crippen LogP contribution in [0.1, 0.15) is 35.7 Å². The van der Waals surface area contributed by atoms with E-state index in [-0.39, 0.29) is 11.6 Å². The Hall–Kier alpha value is -2.07. The molecule has 0 fully saturated rings. The van der Waals surface area contributed by atoms with Crippen LogP contribution in [0.25, 0.3) is 0 Å². The minimum Gasteiger partial charge on any atom is -0.508 e. The second kappa shape index (κ2) is 5.51. The summed E-state index contributed by atoms with van der Waals surface area (Å²) in [6.45, 7) is 0.621. The standard InChI is InChI=1S/C16H18N2O2/c19-15-7-2-1-4-11(15)10-17-13-5-3-6-14-12(13)8-9-16(20)18-14/h1-2,4,7-9,13,17,19H,3,5-6,10H2,(H,18,20). The van der Waals surface area contributed by atoms with Crippen LogP contribution in [-0.2, 0) is 13.0 Å². The van der Waals surface area contributed by atoms with Gasteiger partial charge in [-0.25, -0.2) is 0 Å². The second-order valence-electron chi connectivity index (χ2n) is 5.21. The molecule has 104 valence electrons. The number of aromatic hydroxyl groups is 1. The number of aryl methyl sites for hydroxylation is 1. The molecule has 1 aliphatic rings. The molecule has 0 radical (unpaired) electrons. The molecule has 1 atom stereocenters. The molecule has 20 heavy (non-hydrogen) atoms. The van der Waals surface area contributed by atoms with Gasteiger partial charge in [-0.15, -0.1) is 0 Å². The maximum atomic E-state index is 11.4. The molecule has 0 amide bonds. The zero-order chi connectivity index (χ0) is 13.9. The van der Waals surface area contributed by atoms with E-state index in [9.17, 15) is 9.90 Å². The van der Waals surface area contributed by atoms with Gasteiger partial charge in [0.05, 0.1) is 0 Å². The number of hydrogen-bond donors (Lipinski definition) is 3. The maximum absolute atomic E-state index is 11.4. The lowest BCUT2D eigenvalue weighted by atomic mass is 9.91. The van der Waals surface area contributed by atoms with Gasteiger partial charge in [0, 0.05) is 29.9 Å². The van der Waals surface area contributed by atoms with Crippen LogP contribution in [0.15, 0.2) is 41.2 Å². The lowest BCUT2D eigenvalue weighted by Gasteiger charge is -2.26. The summed E-state index contributed by atoms with van der Waals surface area (Å²) in [6, 6.07) is 11.1. The van der Waals surface area contributed by atoms with Crippen molar-refractivity contribution in [2.45, 2.75) is 31.8 Å². The van der Waals surface area contributed by atoms with Crippen LogP contribution in [0.2, 0.25) is 0 Å². The highest BCUT2D eigenvalue weighted by molar-refractivity contribution is 5.32. The number of phenolic OH excluding ortho intramolecular Hbond substituents is 1. The Kier molecular flexibility index (Phi) is 3.56. The molecule has 4 heteroatoms. The molecule has 2 aromatic rings. The van der Waals surface area contributed by atoms with E-state index in [2.05, 4.69) is 10.3 Å². The number of benzene rings is 1. The summed E-state index contributed by atoms with van der Waals surface area (Å²) < 4.78 is 0. The molecule has 1 aliphatic carbocycles. The molecule has 3 N–H and O–H groups in total. The van der Waals surface area contributed by atoms with Crippen molar-refractivity contribution in [3.8, 4) is 5.75 Å². The van der Waals surface area contributed by atoms with Gasteiger partial charge >= 0.3 is 0 Å². The molecule has 4 nitrogen and oxygen atoms in total. The molecule has 1 aromatic carbocycles. The first-order valence-corrected chi connectivity index (χ1v) is 6.96. The number of para-hydroxylation sites is 1. The summed E-state index contributed by atoms with van der Waals surface area (Å²) >= 11 is 0. The SMILES string of the molecule is O=c1ccc2c([nH]1)CCCC2NCc1ccccc1O. The van der Waals surface area contributed by atoms with Crippen LogP contribution in [0.3, 0.4) is 0 Å². The highest BCUT2D eigenvalue weighted by Gasteiger charge is 2.20. The van der Waals surface area contributed by atoms with Crippen LogP contribution < -0.4 is 10.9 Å². The number of nitrogens with one attached hydrogen (secondary N) is 2. The Labute approximate surface area is 117 Å². The maximum Gasteiger partial charge on any atom is 0.248 e. The number of aromatic amines is 1. The van der Waals surface area contributed by atoms with Crippen LogP contribution in [0, 0.1) is 0 Å². The molecular weight excluding hydrogens is 252 g/mol. The first-order chi connectivity index (χ1) is 9.74. The van der Waals surface area contributed by atoms with Gasteiger partial charge in [-0.05, 0) is 30.9 Å². The van der Waals surface area contributed by atoms with E-state index in [1.807, 2.05) is 24.3 Å². The molecule has 3 rings (SSSR count). The van der Waals surface area contributed by atoms with Crippen LogP contribution in [-0.4, -0.2) is 10.1 Å². The summed E-state index contributed by atoms with van der Waals surface area (Å²) in [7, 11) is 0. The van der Waals surface area contributed by atoms with Crippen molar-refractivity contribution in [2.24, 2.45) is 0 Å². The van der Waals surface area contributed by atoms with Gasteiger partial charge < -0.3 is 15.4 Å². The van der Waals surface area contributed by atoms with Gasteiger partial charge in [-0.1, -0.05) is 24.3 Å². The van der Waals surface area contributed by atoms with Crippen LogP contribution in [0.5, 0.6) is 5.75 Å². The summed E-state index contributed by atoms with van der Waals surface area (Å²) in [4.78, 5) is 14.3. The zero-order valence-electron chi connectivity index (χ0n) is 11.2. The summed E-state index contributed by atoms with van der Waals surface area (Å²) in [5.74, 6) is 0.317. The number of hydrogen-bond acceptors (Lipinski definition) is 3. The lowest BCUT2D eigenvalue weighted by molar-refractivity contribution is 0.435. The molecule has 0 bridgehead atoms. The first-order valence-electron chi connectivity index (χ1n) is 6.96. The first kappa shape index (κ1) is 12.9. The van der Waals surface area contributed by atoms with Crippen molar-refractivity contribution in [3.63, 3.8) is 0 Å². The van der Waals surface area contributed by atoms with Gasteiger partial charge in [0.2, 0.25) is 5.56 Å². The lowest BCUT2D eigenvalue weighted by Crippen LogP contribution is -2.27. The molecule has 0 aliphatic heterocycles. The Balaban J connectivity index is 1.77. The third-order valence-electron chi connectivity index (χ3n) is 3.86. The molecule has 0 spiro atoms. The number of phenols is 1. The summed E-state index contributed by atoms with van der Waals surface area (Å²) in [5.41, 5.74) is 3.07. The Morgan fingerprint density at radius 2 is 2.10 bits per heavy atom. The molecule has 1 heterocycles. The largest absolute Gasteiger partial charge is 0.508 e. The number of H-pyrrole nitrogens is 1. The fourth-order valence-corrected chi connectivity index (χ4v) is 2.81. The quantitative estimate of drug-likeness (QED) is 0.801. The number of pyridine rings is 1. The normalized spacial score (nSPS) is 17.7.